The zero-order valence-corrected chi connectivity index (χ0v) is 11.9. The Morgan fingerprint density at radius 3 is 3.00 bits per heavy atom. The maximum Gasteiger partial charge on any atom is 0.216 e. The lowest BCUT2D eigenvalue weighted by atomic mass is 10.2. The van der Waals surface area contributed by atoms with Crippen LogP contribution in [0.5, 0.6) is 0 Å². The number of rotatable bonds is 3. The first-order valence-electron chi connectivity index (χ1n) is 5.18. The summed E-state index contributed by atoms with van der Waals surface area (Å²) in [5.41, 5.74) is 1.59. The highest BCUT2D eigenvalue weighted by molar-refractivity contribution is 14.1. The Kier molecular flexibility index (Phi) is 4.06. The number of tetrazole rings is 1. The fraction of sp³-hybridized carbons (Fsp3) is 0.0909. The molecular formula is C11H8FIN6. The minimum atomic E-state index is -0.341. The second-order valence-corrected chi connectivity index (χ2v) is 4.71. The highest BCUT2D eigenvalue weighted by Gasteiger charge is 2.08. The summed E-state index contributed by atoms with van der Waals surface area (Å²) in [6.45, 7) is 1.81. The molecule has 0 aliphatic heterocycles. The number of aromatic amines is 1. The molecule has 0 saturated carbocycles. The van der Waals surface area contributed by atoms with Crippen molar-refractivity contribution in [1.29, 1.82) is 5.26 Å². The van der Waals surface area contributed by atoms with Crippen molar-refractivity contribution in [3.63, 3.8) is 0 Å². The van der Waals surface area contributed by atoms with Gasteiger partial charge in [-0.2, -0.15) is 10.5 Å². The van der Waals surface area contributed by atoms with Crippen LogP contribution in [0.2, 0.25) is 0 Å². The molecule has 96 valence electrons. The molecule has 0 fully saturated rings. The van der Waals surface area contributed by atoms with Gasteiger partial charge in [0, 0.05) is 9.77 Å². The Labute approximate surface area is 121 Å². The Morgan fingerprint density at radius 2 is 2.37 bits per heavy atom. The van der Waals surface area contributed by atoms with Gasteiger partial charge in [0.25, 0.3) is 0 Å². The molecule has 2 N–H and O–H groups in total. The summed E-state index contributed by atoms with van der Waals surface area (Å²) < 4.78 is 14.2. The summed E-state index contributed by atoms with van der Waals surface area (Å²) in [4.78, 5) is 0. The van der Waals surface area contributed by atoms with Crippen molar-refractivity contribution >= 4 is 33.9 Å². The number of hydrogen-bond donors (Lipinski definition) is 2. The Bertz CT molecular complexity index is 659. The van der Waals surface area contributed by atoms with Crippen LogP contribution in [0.15, 0.2) is 18.3 Å². The molecule has 0 radical (unpaired) electrons. The first-order chi connectivity index (χ1) is 9.11. The number of allylic oxidation sites excluding steroid dienone is 1. The van der Waals surface area contributed by atoms with Crippen LogP contribution in [0.3, 0.4) is 0 Å². The average Bonchev–Trinajstić information content (AvgIpc) is 2.89. The molecule has 2 rings (SSSR count). The van der Waals surface area contributed by atoms with Crippen molar-refractivity contribution in [2.45, 2.75) is 6.92 Å². The third-order valence-corrected chi connectivity index (χ3v) is 3.73. The van der Waals surface area contributed by atoms with E-state index in [2.05, 4.69) is 48.5 Å². The van der Waals surface area contributed by atoms with E-state index in [4.69, 9.17) is 5.26 Å². The smallest absolute Gasteiger partial charge is 0.216 e. The van der Waals surface area contributed by atoms with E-state index < -0.39 is 0 Å². The number of aryl methyl sites for hydroxylation is 1. The number of nitrogens with zero attached hydrogens (tertiary/aromatic N) is 4. The normalized spacial score (nSPS) is 11.2. The standard InChI is InChI=1S/C11H8FIN6/c1-6-2-8(12)3-9(10(6)13)15-5-7(4-14)11-16-18-19-17-11/h2-3,5,15H,1H3,(H,16,17,18,19). The summed E-state index contributed by atoms with van der Waals surface area (Å²) >= 11 is 2.10. The second kappa shape index (κ2) is 5.75. The SMILES string of the molecule is Cc1cc(F)cc(NC=C(C#N)c2nn[nH]n2)c1I. The van der Waals surface area contributed by atoms with Gasteiger partial charge in [-0.1, -0.05) is 0 Å². The molecule has 0 spiro atoms. The maximum absolute atomic E-state index is 13.3. The average molecular weight is 370 g/mol. The van der Waals surface area contributed by atoms with Crippen LogP contribution in [0, 0.1) is 27.6 Å². The molecule has 0 amide bonds. The number of hydrogen-bond acceptors (Lipinski definition) is 5. The van der Waals surface area contributed by atoms with Crippen molar-refractivity contribution in [2.24, 2.45) is 0 Å². The van der Waals surface area contributed by atoms with Gasteiger partial charge in [-0.05, 0) is 52.4 Å². The maximum atomic E-state index is 13.3. The number of halogens is 2. The first kappa shape index (κ1) is 13.4. The zero-order valence-electron chi connectivity index (χ0n) is 9.78. The van der Waals surface area contributed by atoms with Crippen molar-refractivity contribution in [3.05, 3.63) is 39.1 Å². The number of H-pyrrole nitrogens is 1. The molecular weight excluding hydrogens is 362 g/mol. The molecule has 1 heterocycles. The zero-order chi connectivity index (χ0) is 13.8. The van der Waals surface area contributed by atoms with E-state index in [0.29, 0.717) is 5.69 Å². The second-order valence-electron chi connectivity index (χ2n) is 3.63. The summed E-state index contributed by atoms with van der Waals surface area (Å²) in [5, 5.41) is 24.9. The molecule has 0 aliphatic rings. The number of aromatic nitrogens is 4. The van der Waals surface area contributed by atoms with Gasteiger partial charge in [0.2, 0.25) is 5.82 Å². The molecule has 0 saturated heterocycles. The van der Waals surface area contributed by atoms with Crippen LogP contribution in [0.1, 0.15) is 11.4 Å². The van der Waals surface area contributed by atoms with Gasteiger partial charge < -0.3 is 5.32 Å². The summed E-state index contributed by atoms with van der Waals surface area (Å²) in [7, 11) is 0. The van der Waals surface area contributed by atoms with Gasteiger partial charge in [0.05, 0.1) is 5.69 Å². The number of nitriles is 1. The lowest BCUT2D eigenvalue weighted by molar-refractivity contribution is 0.627. The number of nitrogens with one attached hydrogen (secondary N) is 2. The van der Waals surface area contributed by atoms with Crippen LogP contribution < -0.4 is 5.32 Å². The van der Waals surface area contributed by atoms with E-state index in [1.165, 1.54) is 18.3 Å². The molecule has 6 nitrogen and oxygen atoms in total. The summed E-state index contributed by atoms with van der Waals surface area (Å²) in [6.07, 6.45) is 1.42. The van der Waals surface area contributed by atoms with E-state index in [0.717, 1.165) is 9.13 Å². The Hall–Kier alpha value is -2.02. The van der Waals surface area contributed by atoms with E-state index in [-0.39, 0.29) is 17.2 Å². The van der Waals surface area contributed by atoms with E-state index >= 15 is 0 Å². The molecule has 2 aromatic rings. The Balaban J connectivity index is 2.30. The minimum absolute atomic E-state index is 0.179. The molecule has 1 aromatic carbocycles. The van der Waals surface area contributed by atoms with E-state index in [9.17, 15) is 4.39 Å². The predicted molar refractivity (Wildman–Crippen MR) is 75.2 cm³/mol. The van der Waals surface area contributed by atoms with Crippen molar-refractivity contribution < 1.29 is 4.39 Å². The molecule has 0 atom stereocenters. The van der Waals surface area contributed by atoms with Gasteiger partial charge >= 0.3 is 0 Å². The van der Waals surface area contributed by atoms with Crippen LogP contribution >= 0.6 is 22.6 Å². The quantitative estimate of drug-likeness (QED) is 0.639. The highest BCUT2D eigenvalue weighted by Crippen LogP contribution is 2.24. The van der Waals surface area contributed by atoms with Gasteiger partial charge in [-0.15, -0.1) is 10.2 Å². The third kappa shape index (κ3) is 3.05. The Morgan fingerprint density at radius 1 is 1.58 bits per heavy atom. The van der Waals surface area contributed by atoms with Crippen LogP contribution in [-0.2, 0) is 0 Å². The van der Waals surface area contributed by atoms with Crippen molar-refractivity contribution in [2.75, 3.05) is 5.32 Å². The van der Waals surface area contributed by atoms with Gasteiger partial charge in [-0.3, -0.25) is 0 Å². The monoisotopic (exact) mass is 370 g/mol. The lowest BCUT2D eigenvalue weighted by Crippen LogP contribution is -1.97. The molecule has 0 aliphatic carbocycles. The first-order valence-corrected chi connectivity index (χ1v) is 6.26. The number of benzene rings is 1. The fourth-order valence-corrected chi connectivity index (χ4v) is 1.87. The van der Waals surface area contributed by atoms with Crippen LogP contribution in [0.25, 0.3) is 5.57 Å². The predicted octanol–water partition coefficient (Wildman–Crippen LogP) is 2.23. The largest absolute Gasteiger partial charge is 0.359 e. The molecule has 8 heteroatoms. The summed E-state index contributed by atoms with van der Waals surface area (Å²) in [6, 6.07) is 4.74. The molecule has 1 aromatic heterocycles. The number of anilines is 1. The van der Waals surface area contributed by atoms with Crippen molar-refractivity contribution in [1.82, 2.24) is 20.6 Å². The van der Waals surface area contributed by atoms with Crippen molar-refractivity contribution in [3.8, 4) is 6.07 Å². The van der Waals surface area contributed by atoms with Gasteiger partial charge in [0.15, 0.2) is 0 Å². The van der Waals surface area contributed by atoms with Gasteiger partial charge in [0.1, 0.15) is 17.5 Å². The van der Waals surface area contributed by atoms with Crippen LogP contribution in [-0.4, -0.2) is 20.6 Å². The third-order valence-electron chi connectivity index (χ3n) is 2.30. The van der Waals surface area contributed by atoms with E-state index in [1.54, 1.807) is 0 Å². The highest BCUT2D eigenvalue weighted by atomic mass is 127. The molecule has 0 bridgehead atoms. The molecule has 19 heavy (non-hydrogen) atoms. The van der Waals surface area contributed by atoms with Gasteiger partial charge in [-0.25, -0.2) is 4.39 Å². The van der Waals surface area contributed by atoms with Crippen LogP contribution in [0.4, 0.5) is 10.1 Å². The minimum Gasteiger partial charge on any atom is -0.359 e. The fourth-order valence-electron chi connectivity index (χ4n) is 1.40. The topological polar surface area (TPSA) is 90.3 Å². The molecule has 0 unspecified atom stereocenters. The summed E-state index contributed by atoms with van der Waals surface area (Å²) in [5.74, 6) is -0.162. The van der Waals surface area contributed by atoms with E-state index in [1.807, 2.05) is 13.0 Å². The lowest BCUT2D eigenvalue weighted by Gasteiger charge is -2.07.